The first kappa shape index (κ1) is 9.26. The average Bonchev–Trinajstić information content (AvgIpc) is 1.59. The fourth-order valence-electron chi connectivity index (χ4n) is 0.171. The van der Waals surface area contributed by atoms with Crippen LogP contribution < -0.4 is 0 Å². The molecule has 0 aromatic carbocycles. The van der Waals surface area contributed by atoms with Gasteiger partial charge in [0.05, 0.1) is 13.1 Å². The largest absolute Gasteiger partial charge is 0.230 e. The Bertz CT molecular complexity index is 112. The second-order valence-electron chi connectivity index (χ2n) is 1.48. The van der Waals surface area contributed by atoms with E-state index in [1.165, 1.54) is 0 Å². The first-order valence-corrected chi connectivity index (χ1v) is 4.54. The van der Waals surface area contributed by atoms with Gasteiger partial charge >= 0.3 is 0 Å². The van der Waals surface area contributed by atoms with Gasteiger partial charge in [0.15, 0.2) is 0 Å². The van der Waals surface area contributed by atoms with Crippen LogP contribution in [0.25, 0.3) is 0 Å². The lowest BCUT2D eigenvalue weighted by atomic mass is 10.5. The maximum absolute atomic E-state index is 4.40. The molecule has 0 fully saturated rings. The van der Waals surface area contributed by atoms with E-state index >= 15 is 0 Å². The van der Waals surface area contributed by atoms with Crippen LogP contribution in [0.15, 0.2) is 4.99 Å². The minimum Gasteiger partial charge on any atom is -0.230 e. The van der Waals surface area contributed by atoms with Gasteiger partial charge in [0.1, 0.15) is 0 Å². The van der Waals surface area contributed by atoms with Gasteiger partial charge in [0, 0.05) is 0 Å². The van der Waals surface area contributed by atoms with Gasteiger partial charge in [-0.1, -0.05) is 45.2 Å². The van der Waals surface area contributed by atoms with E-state index in [0.717, 1.165) is 6.54 Å². The summed E-state index contributed by atoms with van der Waals surface area (Å²) in [4.78, 5) is 3.79. The summed E-state index contributed by atoms with van der Waals surface area (Å²) in [5.41, 5.74) is 0. The van der Waals surface area contributed by atoms with Gasteiger partial charge in [-0.2, -0.15) is 0 Å². The summed E-state index contributed by atoms with van der Waals surface area (Å²) in [5, 5.41) is 2.32. The number of rotatable bonds is 2. The molecule has 0 aromatic rings. The van der Waals surface area contributed by atoms with Crippen molar-refractivity contribution in [3.63, 3.8) is 0 Å². The second-order valence-corrected chi connectivity index (χ2v) is 8.49. The minimum absolute atomic E-state index is 0.196. The van der Waals surface area contributed by atoms with Crippen LogP contribution in [0.4, 0.5) is 0 Å². The molecule has 8 heavy (non-hydrogen) atoms. The standard InChI is InChI=1S/C4H5I2NS/c1-4(5,6)2-7-3-8/h2H2,1H3. The van der Waals surface area contributed by atoms with E-state index < -0.39 is 0 Å². The quantitative estimate of drug-likeness (QED) is 0.322. The van der Waals surface area contributed by atoms with E-state index in [-0.39, 0.29) is 1.43 Å². The molecular formula is C4H5I2NS. The highest BCUT2D eigenvalue weighted by molar-refractivity contribution is 14.2. The van der Waals surface area contributed by atoms with Crippen molar-refractivity contribution in [3.05, 3.63) is 0 Å². The zero-order chi connectivity index (χ0) is 6.62. The van der Waals surface area contributed by atoms with Crippen molar-refractivity contribution in [2.75, 3.05) is 6.54 Å². The topological polar surface area (TPSA) is 12.4 Å². The summed E-state index contributed by atoms with van der Waals surface area (Å²) in [5.74, 6) is 0. The highest BCUT2D eigenvalue weighted by atomic mass is 127. The predicted molar refractivity (Wildman–Crippen MR) is 56.3 cm³/mol. The number of hydrogen-bond donors (Lipinski definition) is 0. The number of thiocarbonyl (C=S) groups is 1. The van der Waals surface area contributed by atoms with Crippen molar-refractivity contribution in [3.8, 4) is 0 Å². The van der Waals surface area contributed by atoms with Crippen molar-refractivity contribution in [1.82, 2.24) is 0 Å². The van der Waals surface area contributed by atoms with E-state index in [1.54, 1.807) is 0 Å². The van der Waals surface area contributed by atoms with Crippen molar-refractivity contribution in [1.29, 1.82) is 0 Å². The molecule has 4 heteroatoms. The van der Waals surface area contributed by atoms with Gasteiger partial charge in [-0.15, -0.1) is 0 Å². The molecule has 0 N–H and O–H groups in total. The molecule has 0 unspecified atom stereocenters. The Balaban J connectivity index is 3.55. The maximum Gasteiger partial charge on any atom is 0.0908 e. The molecule has 0 aliphatic heterocycles. The van der Waals surface area contributed by atoms with Crippen LogP contribution in [-0.2, 0) is 0 Å². The number of alkyl halides is 2. The van der Waals surface area contributed by atoms with Crippen molar-refractivity contribution >= 4 is 62.6 Å². The summed E-state index contributed by atoms with van der Waals surface area (Å²) >= 11 is 9.01. The summed E-state index contributed by atoms with van der Waals surface area (Å²) in [6.07, 6.45) is 0. The number of isothiocyanates is 1. The number of aliphatic imine (C=N–C) groups is 1. The van der Waals surface area contributed by atoms with Gasteiger partial charge in [0.2, 0.25) is 0 Å². The predicted octanol–water partition coefficient (Wildman–Crippen LogP) is 2.68. The maximum atomic E-state index is 4.40. The molecule has 0 amide bonds. The van der Waals surface area contributed by atoms with Crippen LogP contribution in [0, 0.1) is 0 Å². The van der Waals surface area contributed by atoms with E-state index in [4.69, 9.17) is 0 Å². The summed E-state index contributed by atoms with van der Waals surface area (Å²) < 4.78 is 0.196. The van der Waals surface area contributed by atoms with E-state index in [1.807, 2.05) is 0 Å². The lowest BCUT2D eigenvalue weighted by Crippen LogP contribution is -2.07. The third-order valence-corrected chi connectivity index (χ3v) is 1.23. The van der Waals surface area contributed by atoms with Crippen LogP contribution in [0.1, 0.15) is 6.92 Å². The van der Waals surface area contributed by atoms with Crippen molar-refractivity contribution in [2.24, 2.45) is 4.99 Å². The highest BCUT2D eigenvalue weighted by Crippen LogP contribution is 2.26. The average molecular weight is 353 g/mol. The van der Waals surface area contributed by atoms with Gasteiger partial charge < -0.3 is 0 Å². The third kappa shape index (κ3) is 7.26. The third-order valence-electron chi connectivity index (χ3n) is 0.421. The first-order valence-electron chi connectivity index (χ1n) is 1.98. The lowest BCUT2D eigenvalue weighted by Gasteiger charge is -2.07. The summed E-state index contributed by atoms with van der Waals surface area (Å²) in [7, 11) is 0. The van der Waals surface area contributed by atoms with Crippen LogP contribution in [-0.4, -0.2) is 13.1 Å². The van der Waals surface area contributed by atoms with E-state index in [0.29, 0.717) is 0 Å². The van der Waals surface area contributed by atoms with Gasteiger partial charge in [-0.3, -0.25) is 0 Å². The Kier molecular flexibility index (Phi) is 4.79. The zero-order valence-corrected chi connectivity index (χ0v) is 9.45. The molecule has 0 radical (unpaired) electrons. The molecule has 0 saturated heterocycles. The first-order chi connectivity index (χ1) is 3.56. The smallest absolute Gasteiger partial charge is 0.0908 e. The molecule has 0 aliphatic rings. The molecule has 0 aromatic heterocycles. The number of hydrogen-bond acceptors (Lipinski definition) is 2. The number of nitrogens with zero attached hydrogens (tertiary/aromatic N) is 1. The van der Waals surface area contributed by atoms with Crippen molar-refractivity contribution < 1.29 is 0 Å². The van der Waals surface area contributed by atoms with Crippen LogP contribution in [0.2, 0.25) is 0 Å². The Morgan fingerprint density at radius 2 is 2.25 bits per heavy atom. The molecule has 1 nitrogen and oxygen atoms in total. The van der Waals surface area contributed by atoms with Gasteiger partial charge in [-0.25, -0.2) is 4.99 Å². The SMILES string of the molecule is CC(I)(I)CN=C=S. The van der Waals surface area contributed by atoms with E-state index in [9.17, 15) is 0 Å². The van der Waals surface area contributed by atoms with Gasteiger partial charge in [0.25, 0.3) is 0 Å². The zero-order valence-electron chi connectivity index (χ0n) is 4.32. The Labute approximate surface area is 81.6 Å². The fraction of sp³-hybridized carbons (Fsp3) is 0.750. The monoisotopic (exact) mass is 353 g/mol. The van der Waals surface area contributed by atoms with Crippen LogP contribution >= 0.6 is 57.4 Å². The normalized spacial score (nSPS) is 10.4. The Hall–Kier alpha value is 1.26. The van der Waals surface area contributed by atoms with Gasteiger partial charge in [-0.05, 0) is 19.1 Å². The molecule has 0 bridgehead atoms. The molecular weight excluding hydrogens is 348 g/mol. The molecule has 0 heterocycles. The number of halogens is 2. The Morgan fingerprint density at radius 1 is 1.75 bits per heavy atom. The molecule has 0 atom stereocenters. The highest BCUT2D eigenvalue weighted by Gasteiger charge is 2.12. The molecule has 0 aliphatic carbocycles. The fourth-order valence-corrected chi connectivity index (χ4v) is 0.577. The molecule has 0 rings (SSSR count). The van der Waals surface area contributed by atoms with Crippen LogP contribution in [0.5, 0.6) is 0 Å². The lowest BCUT2D eigenvalue weighted by molar-refractivity contribution is 0.966. The second kappa shape index (κ2) is 4.14. The minimum atomic E-state index is 0.196. The summed E-state index contributed by atoms with van der Waals surface area (Å²) in [6, 6.07) is 0. The van der Waals surface area contributed by atoms with Crippen molar-refractivity contribution in [2.45, 2.75) is 8.35 Å². The molecule has 0 spiro atoms. The van der Waals surface area contributed by atoms with E-state index in [2.05, 4.69) is 74.5 Å². The molecule has 46 valence electrons. The van der Waals surface area contributed by atoms with Crippen LogP contribution in [0.3, 0.4) is 0 Å². The summed E-state index contributed by atoms with van der Waals surface area (Å²) in [6.45, 7) is 2.84. The molecule has 0 saturated carbocycles. The Morgan fingerprint density at radius 3 is 2.38 bits per heavy atom.